The second-order valence-electron chi connectivity index (χ2n) is 6.49. The molecule has 0 unspecified atom stereocenters. The highest BCUT2D eigenvalue weighted by Gasteiger charge is 2.26. The van der Waals surface area contributed by atoms with Crippen LogP contribution in [0.4, 0.5) is 5.69 Å². The molecule has 0 spiro atoms. The predicted octanol–water partition coefficient (Wildman–Crippen LogP) is 4.34. The van der Waals surface area contributed by atoms with Gasteiger partial charge in [-0.3, -0.25) is 10.0 Å². The molecule has 0 fully saturated rings. The van der Waals surface area contributed by atoms with E-state index in [4.69, 9.17) is 4.52 Å². The Balaban J connectivity index is 1.53. The Bertz CT molecular complexity index is 1090. The Hall–Kier alpha value is -3.19. The van der Waals surface area contributed by atoms with Crippen molar-refractivity contribution in [3.63, 3.8) is 0 Å². The summed E-state index contributed by atoms with van der Waals surface area (Å²) in [5, 5.41) is 10.5. The zero-order valence-electron chi connectivity index (χ0n) is 15.0. The molecule has 0 saturated heterocycles. The van der Waals surface area contributed by atoms with Gasteiger partial charge in [-0.1, -0.05) is 17.3 Å². The Morgan fingerprint density at radius 2 is 2.11 bits per heavy atom. The van der Waals surface area contributed by atoms with Gasteiger partial charge in [0.2, 0.25) is 11.7 Å². The summed E-state index contributed by atoms with van der Waals surface area (Å²) in [6, 6.07) is 6.24. The number of benzene rings is 1. The van der Waals surface area contributed by atoms with Gasteiger partial charge in [0.1, 0.15) is 0 Å². The molecule has 0 amide bonds. The molecular weight excluding hydrogens is 358 g/mol. The van der Waals surface area contributed by atoms with E-state index >= 15 is 0 Å². The van der Waals surface area contributed by atoms with Crippen LogP contribution in [0.15, 0.2) is 63.7 Å². The molecule has 2 aliphatic heterocycles. The van der Waals surface area contributed by atoms with Crippen LogP contribution in [0.5, 0.6) is 0 Å². The zero-order chi connectivity index (χ0) is 18.4. The van der Waals surface area contributed by atoms with E-state index in [0.717, 1.165) is 34.8 Å². The van der Waals surface area contributed by atoms with Crippen molar-refractivity contribution in [2.45, 2.75) is 13.8 Å². The van der Waals surface area contributed by atoms with E-state index in [2.05, 4.69) is 74.0 Å². The number of hydrazine groups is 1. The molecule has 0 radical (unpaired) electrons. The highest BCUT2D eigenvalue weighted by Crippen LogP contribution is 2.35. The summed E-state index contributed by atoms with van der Waals surface area (Å²) < 4.78 is 5.14. The maximum atomic E-state index is 5.14. The van der Waals surface area contributed by atoms with Crippen molar-refractivity contribution >= 4 is 22.6 Å². The fourth-order valence-electron chi connectivity index (χ4n) is 3.30. The van der Waals surface area contributed by atoms with Crippen LogP contribution < -0.4 is 5.01 Å². The van der Waals surface area contributed by atoms with Crippen molar-refractivity contribution in [1.82, 2.24) is 20.1 Å². The lowest BCUT2D eigenvalue weighted by molar-refractivity contribution is 0.394. The van der Waals surface area contributed by atoms with Gasteiger partial charge in [-0.25, -0.2) is 4.98 Å². The van der Waals surface area contributed by atoms with E-state index in [9.17, 15) is 0 Å². The standard InChI is InChI=1S/C20H17N5OS/c1-13-3-4-15(20-22-14(2)26-23-20)9-19(13)24-8-7-17-6-5-16(10-25(17)24)18-11-27-12-21-18/h3-7,9-12H,8H2,1-2H3. The topological polar surface area (TPSA) is 58.3 Å². The second-order valence-corrected chi connectivity index (χ2v) is 7.20. The van der Waals surface area contributed by atoms with Crippen LogP contribution in [0.25, 0.3) is 17.0 Å². The molecule has 134 valence electrons. The number of aromatic nitrogens is 3. The maximum absolute atomic E-state index is 5.14. The summed E-state index contributed by atoms with van der Waals surface area (Å²) in [6.07, 6.45) is 8.61. The minimum atomic E-state index is 0.564. The van der Waals surface area contributed by atoms with Crippen molar-refractivity contribution in [2.75, 3.05) is 11.6 Å². The van der Waals surface area contributed by atoms with Crippen molar-refractivity contribution in [2.24, 2.45) is 0 Å². The molecule has 0 aliphatic carbocycles. The fraction of sp³-hybridized carbons (Fsp3) is 0.150. The average Bonchev–Trinajstić information content (AvgIpc) is 3.42. The van der Waals surface area contributed by atoms with E-state index in [1.165, 1.54) is 5.56 Å². The molecule has 27 heavy (non-hydrogen) atoms. The van der Waals surface area contributed by atoms with Crippen LogP contribution in [-0.4, -0.2) is 26.7 Å². The summed E-state index contributed by atoms with van der Waals surface area (Å²) in [5.41, 5.74) is 8.36. The largest absolute Gasteiger partial charge is 0.339 e. The smallest absolute Gasteiger partial charge is 0.223 e. The Morgan fingerprint density at radius 3 is 2.89 bits per heavy atom. The Kier molecular flexibility index (Phi) is 3.68. The summed E-state index contributed by atoms with van der Waals surface area (Å²) in [5.74, 6) is 1.17. The van der Waals surface area contributed by atoms with Gasteiger partial charge >= 0.3 is 0 Å². The molecule has 2 aliphatic rings. The van der Waals surface area contributed by atoms with Crippen LogP contribution in [0.1, 0.15) is 17.1 Å². The van der Waals surface area contributed by atoms with E-state index in [-0.39, 0.29) is 0 Å². The lowest BCUT2D eigenvalue weighted by atomic mass is 10.1. The minimum absolute atomic E-state index is 0.564. The van der Waals surface area contributed by atoms with E-state index in [1.807, 2.05) is 11.6 Å². The number of thiazole rings is 1. The molecule has 1 aromatic carbocycles. The van der Waals surface area contributed by atoms with Crippen LogP contribution in [0.2, 0.25) is 0 Å². The van der Waals surface area contributed by atoms with E-state index in [0.29, 0.717) is 11.7 Å². The first kappa shape index (κ1) is 16.0. The van der Waals surface area contributed by atoms with Crippen LogP contribution in [0.3, 0.4) is 0 Å². The molecule has 2 aromatic heterocycles. The third-order valence-corrected chi connectivity index (χ3v) is 5.28. The molecule has 5 rings (SSSR count). The van der Waals surface area contributed by atoms with Gasteiger partial charge in [-0.2, -0.15) is 4.98 Å². The van der Waals surface area contributed by atoms with Gasteiger partial charge in [0.25, 0.3) is 0 Å². The molecule has 4 heterocycles. The number of rotatable bonds is 3. The molecular formula is C20H17N5OS. The lowest BCUT2D eigenvalue weighted by Crippen LogP contribution is -2.34. The third-order valence-electron chi connectivity index (χ3n) is 4.69. The lowest BCUT2D eigenvalue weighted by Gasteiger charge is -2.33. The van der Waals surface area contributed by atoms with Crippen LogP contribution >= 0.6 is 11.3 Å². The summed E-state index contributed by atoms with van der Waals surface area (Å²) >= 11 is 1.60. The normalized spacial score (nSPS) is 15.8. The van der Waals surface area contributed by atoms with Gasteiger partial charge in [-0.05, 0) is 36.8 Å². The first-order chi connectivity index (χ1) is 13.2. The number of hydrogen-bond donors (Lipinski definition) is 0. The Labute approximate surface area is 160 Å². The van der Waals surface area contributed by atoms with E-state index in [1.54, 1.807) is 18.3 Å². The number of aryl methyl sites for hydroxylation is 2. The fourth-order valence-corrected chi connectivity index (χ4v) is 3.86. The summed E-state index contributed by atoms with van der Waals surface area (Å²) in [6.45, 7) is 4.71. The average molecular weight is 375 g/mol. The number of allylic oxidation sites excluding steroid dienone is 3. The van der Waals surface area contributed by atoms with Crippen LogP contribution in [-0.2, 0) is 0 Å². The summed E-state index contributed by atoms with van der Waals surface area (Å²) in [7, 11) is 0. The monoisotopic (exact) mass is 375 g/mol. The SMILES string of the molecule is Cc1nc(-c2ccc(C)c(N3CC=C4C=CC(c5cscn5)=CN43)c2)no1. The highest BCUT2D eigenvalue weighted by molar-refractivity contribution is 7.07. The number of hydrogen-bond acceptors (Lipinski definition) is 7. The molecule has 3 aromatic rings. The van der Waals surface area contributed by atoms with Crippen molar-refractivity contribution in [3.8, 4) is 11.4 Å². The number of fused-ring (bicyclic) bond motifs is 1. The van der Waals surface area contributed by atoms with Gasteiger partial charge in [0, 0.05) is 29.6 Å². The predicted molar refractivity (Wildman–Crippen MR) is 106 cm³/mol. The highest BCUT2D eigenvalue weighted by atomic mass is 32.1. The van der Waals surface area contributed by atoms with Gasteiger partial charge in [-0.15, -0.1) is 11.3 Å². The van der Waals surface area contributed by atoms with Crippen LogP contribution in [0, 0.1) is 13.8 Å². The number of anilines is 1. The molecule has 0 atom stereocenters. The van der Waals surface area contributed by atoms with Crippen molar-refractivity contribution < 1.29 is 4.52 Å². The molecule has 7 heteroatoms. The van der Waals surface area contributed by atoms with Gasteiger partial charge in [0.05, 0.1) is 29.1 Å². The third kappa shape index (κ3) is 2.76. The number of nitrogens with zero attached hydrogens (tertiary/aromatic N) is 5. The quantitative estimate of drug-likeness (QED) is 0.679. The van der Waals surface area contributed by atoms with Crippen molar-refractivity contribution in [3.05, 3.63) is 76.4 Å². The molecule has 0 bridgehead atoms. The van der Waals surface area contributed by atoms with Gasteiger partial charge < -0.3 is 4.52 Å². The minimum Gasteiger partial charge on any atom is -0.339 e. The first-order valence-electron chi connectivity index (χ1n) is 8.66. The van der Waals surface area contributed by atoms with Crippen molar-refractivity contribution in [1.29, 1.82) is 0 Å². The summed E-state index contributed by atoms with van der Waals surface area (Å²) in [4.78, 5) is 8.79. The molecule has 0 N–H and O–H groups in total. The maximum Gasteiger partial charge on any atom is 0.223 e. The second kappa shape index (κ2) is 6.21. The molecule has 0 saturated carbocycles. The first-order valence-corrected chi connectivity index (χ1v) is 9.60. The van der Waals surface area contributed by atoms with Gasteiger partial charge in [0.15, 0.2) is 0 Å². The molecule has 6 nitrogen and oxygen atoms in total. The zero-order valence-corrected chi connectivity index (χ0v) is 15.8. The van der Waals surface area contributed by atoms with E-state index < -0.39 is 0 Å². The Morgan fingerprint density at radius 1 is 1.19 bits per heavy atom.